The molecule has 1 saturated heterocycles. The Hall–Kier alpha value is -2.24. The number of sulfonamides is 1. The van der Waals surface area contributed by atoms with E-state index in [9.17, 15) is 21.6 Å². The van der Waals surface area contributed by atoms with Crippen molar-refractivity contribution < 1.29 is 35.6 Å². The SMILES string of the molecule is C[C@H](Oc1cc(B2OC(C)(C)C(C)(C)O2)ccc1NS(=O)(=O)C(F)F)c1ccccc1F. The Morgan fingerprint density at radius 3 is 2.19 bits per heavy atom. The molecule has 1 atom stereocenters. The van der Waals surface area contributed by atoms with Crippen molar-refractivity contribution in [2.45, 2.75) is 57.7 Å². The van der Waals surface area contributed by atoms with E-state index in [1.165, 1.54) is 36.4 Å². The van der Waals surface area contributed by atoms with Crippen LogP contribution in [0.2, 0.25) is 0 Å². The molecular formula is C21H25BF3NO5S. The van der Waals surface area contributed by atoms with Gasteiger partial charge < -0.3 is 14.0 Å². The van der Waals surface area contributed by atoms with Crippen molar-refractivity contribution in [2.24, 2.45) is 0 Å². The molecule has 0 aromatic heterocycles. The van der Waals surface area contributed by atoms with Crippen molar-refractivity contribution in [3.63, 3.8) is 0 Å². The molecule has 32 heavy (non-hydrogen) atoms. The van der Waals surface area contributed by atoms with Gasteiger partial charge in [0.15, 0.2) is 0 Å². The molecular weight excluding hydrogens is 446 g/mol. The van der Waals surface area contributed by atoms with Crippen molar-refractivity contribution in [3.8, 4) is 5.75 Å². The summed E-state index contributed by atoms with van der Waals surface area (Å²) in [4.78, 5) is 0. The van der Waals surface area contributed by atoms with Gasteiger partial charge in [-0.05, 0) is 58.3 Å². The minimum Gasteiger partial charge on any atom is -0.484 e. The van der Waals surface area contributed by atoms with Crippen LogP contribution in [0.4, 0.5) is 18.9 Å². The quantitative estimate of drug-likeness (QED) is 0.612. The van der Waals surface area contributed by atoms with Crippen LogP contribution in [0, 0.1) is 5.82 Å². The maximum absolute atomic E-state index is 14.2. The van der Waals surface area contributed by atoms with Crippen LogP contribution in [0.25, 0.3) is 0 Å². The van der Waals surface area contributed by atoms with Crippen LogP contribution < -0.4 is 14.9 Å². The van der Waals surface area contributed by atoms with E-state index < -0.39 is 46.0 Å². The molecule has 0 bridgehead atoms. The van der Waals surface area contributed by atoms with Gasteiger partial charge in [0.2, 0.25) is 0 Å². The minimum absolute atomic E-state index is 0.0720. The maximum Gasteiger partial charge on any atom is 0.494 e. The van der Waals surface area contributed by atoms with Crippen LogP contribution in [0.5, 0.6) is 5.75 Å². The van der Waals surface area contributed by atoms with Gasteiger partial charge in [-0.15, -0.1) is 0 Å². The molecule has 0 spiro atoms. The number of anilines is 1. The Morgan fingerprint density at radius 1 is 1.03 bits per heavy atom. The van der Waals surface area contributed by atoms with Crippen LogP contribution in [0.1, 0.15) is 46.3 Å². The van der Waals surface area contributed by atoms with Gasteiger partial charge in [-0.1, -0.05) is 24.3 Å². The molecule has 6 nitrogen and oxygen atoms in total. The number of hydrogen-bond donors (Lipinski definition) is 1. The Bertz CT molecular complexity index is 1080. The van der Waals surface area contributed by atoms with Crippen LogP contribution >= 0.6 is 0 Å². The number of alkyl halides is 2. The smallest absolute Gasteiger partial charge is 0.484 e. The highest BCUT2D eigenvalue weighted by Gasteiger charge is 2.51. The van der Waals surface area contributed by atoms with Crippen molar-refractivity contribution >= 4 is 28.3 Å². The lowest BCUT2D eigenvalue weighted by Crippen LogP contribution is -2.41. The Morgan fingerprint density at radius 2 is 1.62 bits per heavy atom. The molecule has 1 fully saturated rings. The van der Waals surface area contributed by atoms with Gasteiger partial charge in [0.25, 0.3) is 10.0 Å². The monoisotopic (exact) mass is 471 g/mol. The summed E-state index contributed by atoms with van der Waals surface area (Å²) in [6, 6.07) is 10.1. The summed E-state index contributed by atoms with van der Waals surface area (Å²) in [6.07, 6.45) is -0.848. The number of benzene rings is 2. The molecule has 1 heterocycles. The first-order valence-electron chi connectivity index (χ1n) is 9.94. The molecule has 174 valence electrons. The van der Waals surface area contributed by atoms with Gasteiger partial charge in [-0.2, -0.15) is 8.78 Å². The second-order valence-electron chi connectivity index (χ2n) is 8.53. The van der Waals surface area contributed by atoms with Gasteiger partial charge in [0.05, 0.1) is 16.9 Å². The summed E-state index contributed by atoms with van der Waals surface area (Å²) in [6.45, 7) is 9.04. The highest BCUT2D eigenvalue weighted by atomic mass is 32.2. The summed E-state index contributed by atoms with van der Waals surface area (Å²) < 4.78 is 83.2. The van der Waals surface area contributed by atoms with E-state index in [1.807, 2.05) is 32.4 Å². The topological polar surface area (TPSA) is 73.9 Å². The highest BCUT2D eigenvalue weighted by Crippen LogP contribution is 2.37. The lowest BCUT2D eigenvalue weighted by atomic mass is 9.79. The van der Waals surface area contributed by atoms with Gasteiger partial charge in [-0.25, -0.2) is 12.8 Å². The van der Waals surface area contributed by atoms with E-state index in [1.54, 1.807) is 13.0 Å². The number of hydrogen-bond acceptors (Lipinski definition) is 5. The first-order valence-corrected chi connectivity index (χ1v) is 11.5. The molecule has 0 amide bonds. The maximum atomic E-state index is 14.2. The fourth-order valence-electron chi connectivity index (χ4n) is 3.10. The third kappa shape index (κ3) is 4.89. The van der Waals surface area contributed by atoms with Crippen molar-refractivity contribution in [2.75, 3.05) is 4.72 Å². The molecule has 2 aromatic rings. The summed E-state index contributed by atoms with van der Waals surface area (Å²) in [7, 11) is -5.75. The Balaban J connectivity index is 1.99. The van der Waals surface area contributed by atoms with Gasteiger partial charge >= 0.3 is 12.9 Å². The second kappa shape index (κ2) is 8.60. The van der Waals surface area contributed by atoms with Crippen molar-refractivity contribution in [1.82, 2.24) is 0 Å². The lowest BCUT2D eigenvalue weighted by Gasteiger charge is -2.32. The average Bonchev–Trinajstić information content (AvgIpc) is 2.90. The number of nitrogens with one attached hydrogen (secondary N) is 1. The van der Waals surface area contributed by atoms with Crippen molar-refractivity contribution in [3.05, 3.63) is 53.8 Å². The van der Waals surface area contributed by atoms with Crippen LogP contribution in [-0.2, 0) is 19.3 Å². The predicted octanol–water partition coefficient (Wildman–Crippen LogP) is 4.23. The van der Waals surface area contributed by atoms with E-state index in [4.69, 9.17) is 14.0 Å². The fourth-order valence-corrected chi connectivity index (χ4v) is 3.67. The van der Waals surface area contributed by atoms with Crippen LogP contribution in [0.15, 0.2) is 42.5 Å². The lowest BCUT2D eigenvalue weighted by molar-refractivity contribution is 0.00578. The molecule has 2 aromatic carbocycles. The third-order valence-electron chi connectivity index (χ3n) is 5.66. The summed E-state index contributed by atoms with van der Waals surface area (Å²) in [5, 5.41) is 0. The normalized spacial score (nSPS) is 18.6. The van der Waals surface area contributed by atoms with E-state index in [0.29, 0.717) is 5.46 Å². The van der Waals surface area contributed by atoms with Crippen LogP contribution in [-0.4, -0.2) is 32.5 Å². The number of ether oxygens (including phenoxy) is 1. The van der Waals surface area contributed by atoms with Crippen LogP contribution in [0.3, 0.4) is 0 Å². The third-order valence-corrected chi connectivity index (χ3v) is 6.64. The molecule has 1 aliphatic rings. The van der Waals surface area contributed by atoms with E-state index in [-0.39, 0.29) is 17.0 Å². The van der Waals surface area contributed by atoms with E-state index in [2.05, 4.69) is 0 Å². The number of rotatable bonds is 7. The summed E-state index contributed by atoms with van der Waals surface area (Å²) in [5.41, 5.74) is -0.770. The molecule has 1 N–H and O–H groups in total. The molecule has 11 heteroatoms. The molecule has 0 saturated carbocycles. The van der Waals surface area contributed by atoms with Gasteiger partial charge in [-0.3, -0.25) is 4.72 Å². The zero-order valence-corrected chi connectivity index (χ0v) is 19.2. The fraction of sp³-hybridized carbons (Fsp3) is 0.429. The zero-order valence-electron chi connectivity index (χ0n) is 18.4. The molecule has 0 aliphatic carbocycles. The Kier molecular flexibility index (Phi) is 6.56. The molecule has 3 rings (SSSR count). The predicted molar refractivity (Wildman–Crippen MR) is 116 cm³/mol. The van der Waals surface area contributed by atoms with Gasteiger partial charge in [0, 0.05) is 5.56 Å². The Labute approximate surface area is 186 Å². The largest absolute Gasteiger partial charge is 0.494 e. The molecule has 1 aliphatic heterocycles. The first kappa shape index (κ1) is 24.4. The summed E-state index contributed by atoms with van der Waals surface area (Å²) in [5.74, 6) is -4.23. The standard InChI is InChI=1S/C21H25BF3NO5S/c1-13(15-8-6-7-9-16(15)23)29-18-12-14(22-30-20(2,3)21(4,5)31-22)10-11-17(18)26-32(27,28)19(24)25/h6-13,19,26H,1-5H3/t13-/m0/s1. The molecule has 0 unspecified atom stereocenters. The average molecular weight is 471 g/mol. The number of halogens is 3. The van der Waals surface area contributed by atoms with Crippen molar-refractivity contribution in [1.29, 1.82) is 0 Å². The van der Waals surface area contributed by atoms with E-state index in [0.717, 1.165) is 0 Å². The zero-order chi connectivity index (χ0) is 23.9. The first-order chi connectivity index (χ1) is 14.7. The highest BCUT2D eigenvalue weighted by molar-refractivity contribution is 7.93. The second-order valence-corrected chi connectivity index (χ2v) is 10.2. The molecule has 0 radical (unpaired) electrons. The van der Waals surface area contributed by atoms with E-state index >= 15 is 0 Å². The minimum atomic E-state index is -4.95. The van der Waals surface area contributed by atoms with Gasteiger partial charge in [0.1, 0.15) is 17.7 Å². The summed E-state index contributed by atoms with van der Waals surface area (Å²) >= 11 is 0.